The van der Waals surface area contributed by atoms with E-state index >= 15 is 0 Å². The van der Waals surface area contributed by atoms with E-state index in [4.69, 9.17) is 0 Å². The van der Waals surface area contributed by atoms with E-state index in [9.17, 15) is 0 Å². The third-order valence-electron chi connectivity index (χ3n) is 4.76. The molecule has 0 spiro atoms. The highest BCUT2D eigenvalue weighted by Gasteiger charge is 2.31. The van der Waals surface area contributed by atoms with Crippen molar-refractivity contribution >= 4 is 0 Å². The van der Waals surface area contributed by atoms with Gasteiger partial charge in [-0.05, 0) is 69.3 Å². The van der Waals surface area contributed by atoms with Gasteiger partial charge in [0.05, 0.1) is 0 Å². The average Bonchev–Trinajstić information content (AvgIpc) is 3.25. The van der Waals surface area contributed by atoms with E-state index in [1.807, 2.05) is 0 Å². The number of hydrogen-bond donors (Lipinski definition) is 1. The van der Waals surface area contributed by atoms with Crippen molar-refractivity contribution in [3.8, 4) is 0 Å². The Kier molecular flexibility index (Phi) is 3.90. The van der Waals surface area contributed by atoms with Gasteiger partial charge in [0.2, 0.25) is 0 Å². The van der Waals surface area contributed by atoms with Crippen LogP contribution in [0.15, 0.2) is 18.2 Å². The molecule has 2 heteroatoms. The second-order valence-corrected chi connectivity index (χ2v) is 6.34. The maximum absolute atomic E-state index is 3.74. The van der Waals surface area contributed by atoms with Gasteiger partial charge in [0, 0.05) is 18.6 Å². The monoisotopic (exact) mass is 258 g/mol. The van der Waals surface area contributed by atoms with Crippen LogP contribution in [-0.4, -0.2) is 30.1 Å². The van der Waals surface area contributed by atoms with Gasteiger partial charge in [-0.15, -0.1) is 0 Å². The van der Waals surface area contributed by atoms with Crippen LogP contribution < -0.4 is 5.32 Å². The minimum atomic E-state index is 0.719. The van der Waals surface area contributed by atoms with Crippen molar-refractivity contribution in [2.45, 2.75) is 58.2 Å². The molecule has 2 fully saturated rings. The summed E-state index contributed by atoms with van der Waals surface area (Å²) in [4.78, 5) is 2.69. The molecule has 2 aliphatic rings. The fraction of sp³-hybridized carbons (Fsp3) is 0.647. The Balaban J connectivity index is 1.45. The first-order valence-electron chi connectivity index (χ1n) is 7.76. The second kappa shape index (κ2) is 5.64. The normalized spacial score (nSPS) is 21.8. The van der Waals surface area contributed by atoms with Crippen molar-refractivity contribution in [3.63, 3.8) is 0 Å². The first kappa shape index (κ1) is 13.1. The summed E-state index contributed by atoms with van der Waals surface area (Å²) in [7, 11) is 0. The zero-order valence-electron chi connectivity index (χ0n) is 12.3. The molecule has 1 aliphatic carbocycles. The Hall–Kier alpha value is -0.860. The average molecular weight is 258 g/mol. The highest BCUT2D eigenvalue weighted by atomic mass is 15.2. The van der Waals surface area contributed by atoms with Crippen LogP contribution in [0, 0.1) is 13.8 Å². The zero-order chi connectivity index (χ0) is 13.2. The summed E-state index contributed by atoms with van der Waals surface area (Å²) in [5, 5.41) is 3.74. The largest absolute Gasteiger partial charge is 0.310 e. The van der Waals surface area contributed by atoms with Gasteiger partial charge < -0.3 is 10.2 Å². The molecule has 1 N–H and O–H groups in total. The first-order chi connectivity index (χ1) is 9.22. The summed E-state index contributed by atoms with van der Waals surface area (Å²) < 4.78 is 0. The molecule has 104 valence electrons. The highest BCUT2D eigenvalue weighted by Crippen LogP contribution is 2.29. The topological polar surface area (TPSA) is 15.3 Å². The van der Waals surface area contributed by atoms with Gasteiger partial charge in [-0.2, -0.15) is 0 Å². The minimum Gasteiger partial charge on any atom is -0.310 e. The Bertz CT molecular complexity index is 429. The van der Waals surface area contributed by atoms with E-state index < -0.39 is 0 Å². The molecule has 0 atom stereocenters. The fourth-order valence-electron chi connectivity index (χ4n) is 3.08. The van der Waals surface area contributed by atoms with E-state index in [0.29, 0.717) is 0 Å². The lowest BCUT2D eigenvalue weighted by molar-refractivity contribution is 0.189. The maximum atomic E-state index is 3.74. The summed E-state index contributed by atoms with van der Waals surface area (Å²) in [6.45, 7) is 8.01. The molecule has 0 radical (unpaired) electrons. The third-order valence-corrected chi connectivity index (χ3v) is 4.76. The molecule has 2 nitrogen and oxygen atoms in total. The number of nitrogens with zero attached hydrogens (tertiary/aromatic N) is 1. The molecule has 1 aromatic rings. The Morgan fingerprint density at radius 3 is 2.42 bits per heavy atom. The van der Waals surface area contributed by atoms with Gasteiger partial charge in [0.15, 0.2) is 0 Å². The lowest BCUT2D eigenvalue weighted by Gasteiger charge is -2.32. The molecule has 1 aromatic carbocycles. The van der Waals surface area contributed by atoms with Crippen molar-refractivity contribution < 1.29 is 0 Å². The molecular weight excluding hydrogens is 232 g/mol. The predicted molar refractivity (Wildman–Crippen MR) is 80.4 cm³/mol. The van der Waals surface area contributed by atoms with Crippen molar-refractivity contribution in [2.24, 2.45) is 0 Å². The fourth-order valence-corrected chi connectivity index (χ4v) is 3.08. The molecule has 0 aromatic heterocycles. The molecule has 0 bridgehead atoms. The lowest BCUT2D eigenvalue weighted by atomic mass is 10.0. The van der Waals surface area contributed by atoms with Crippen LogP contribution in [0.2, 0.25) is 0 Å². The molecule has 0 unspecified atom stereocenters. The van der Waals surface area contributed by atoms with E-state index in [2.05, 4.69) is 42.3 Å². The van der Waals surface area contributed by atoms with Crippen molar-refractivity contribution in [1.82, 2.24) is 10.2 Å². The van der Waals surface area contributed by atoms with Crippen LogP contribution in [0.5, 0.6) is 0 Å². The van der Waals surface area contributed by atoms with Gasteiger partial charge in [0.25, 0.3) is 0 Å². The van der Waals surface area contributed by atoms with Crippen molar-refractivity contribution in [1.29, 1.82) is 0 Å². The van der Waals surface area contributed by atoms with Gasteiger partial charge >= 0.3 is 0 Å². The van der Waals surface area contributed by atoms with Crippen molar-refractivity contribution in [2.75, 3.05) is 13.1 Å². The van der Waals surface area contributed by atoms with Crippen LogP contribution in [0.25, 0.3) is 0 Å². The van der Waals surface area contributed by atoms with Crippen LogP contribution in [0.1, 0.15) is 42.4 Å². The quantitative estimate of drug-likeness (QED) is 0.893. The summed E-state index contributed by atoms with van der Waals surface area (Å²) >= 11 is 0. The van der Waals surface area contributed by atoms with Crippen molar-refractivity contribution in [3.05, 3.63) is 34.9 Å². The molecular formula is C17H26N2. The zero-order valence-corrected chi connectivity index (χ0v) is 12.3. The summed E-state index contributed by atoms with van der Waals surface area (Å²) in [6.07, 6.45) is 5.53. The molecule has 19 heavy (non-hydrogen) atoms. The third kappa shape index (κ3) is 3.37. The van der Waals surface area contributed by atoms with E-state index in [1.165, 1.54) is 55.5 Å². The molecule has 1 aliphatic heterocycles. The van der Waals surface area contributed by atoms with Gasteiger partial charge in [-0.25, -0.2) is 0 Å². The smallest absolute Gasteiger partial charge is 0.0208 e. The predicted octanol–water partition coefficient (Wildman–Crippen LogP) is 3.02. The summed E-state index contributed by atoms with van der Waals surface area (Å²) in [6, 6.07) is 8.48. The summed E-state index contributed by atoms with van der Waals surface area (Å²) in [5.41, 5.74) is 4.22. The van der Waals surface area contributed by atoms with Crippen LogP contribution in [-0.2, 0) is 6.54 Å². The number of aryl methyl sites for hydroxylation is 2. The number of benzene rings is 1. The standard InChI is InChI=1S/C17H26N2/c1-13-3-4-15(11-14(13)2)12-18-16-7-9-19(10-8-16)17-5-6-17/h3-4,11,16-18H,5-10,12H2,1-2H3. The molecule has 0 amide bonds. The maximum Gasteiger partial charge on any atom is 0.0208 e. The molecule has 1 saturated heterocycles. The van der Waals surface area contributed by atoms with E-state index in [-0.39, 0.29) is 0 Å². The van der Waals surface area contributed by atoms with Gasteiger partial charge in [0.1, 0.15) is 0 Å². The van der Waals surface area contributed by atoms with E-state index in [1.54, 1.807) is 0 Å². The second-order valence-electron chi connectivity index (χ2n) is 6.34. The SMILES string of the molecule is Cc1ccc(CNC2CCN(C3CC3)CC2)cc1C. The Labute approximate surface area is 117 Å². The minimum absolute atomic E-state index is 0.719. The lowest BCUT2D eigenvalue weighted by Crippen LogP contribution is -2.43. The number of nitrogens with one attached hydrogen (secondary N) is 1. The van der Waals surface area contributed by atoms with Gasteiger partial charge in [-0.1, -0.05) is 18.2 Å². The number of rotatable bonds is 4. The molecule has 1 heterocycles. The van der Waals surface area contributed by atoms with Crippen LogP contribution in [0.4, 0.5) is 0 Å². The summed E-state index contributed by atoms with van der Waals surface area (Å²) in [5.74, 6) is 0. The Morgan fingerprint density at radius 2 is 1.79 bits per heavy atom. The van der Waals surface area contributed by atoms with Gasteiger partial charge in [-0.3, -0.25) is 0 Å². The van der Waals surface area contributed by atoms with E-state index in [0.717, 1.165) is 18.6 Å². The number of hydrogen-bond acceptors (Lipinski definition) is 2. The molecule has 1 saturated carbocycles. The number of piperidine rings is 1. The van der Waals surface area contributed by atoms with Crippen LogP contribution in [0.3, 0.4) is 0 Å². The highest BCUT2D eigenvalue weighted by molar-refractivity contribution is 5.29. The Morgan fingerprint density at radius 1 is 1.05 bits per heavy atom. The number of likely N-dealkylation sites (tertiary alicyclic amines) is 1. The first-order valence-corrected chi connectivity index (χ1v) is 7.76. The molecule has 3 rings (SSSR count). The van der Waals surface area contributed by atoms with Crippen LogP contribution >= 0.6 is 0 Å².